The van der Waals surface area contributed by atoms with Gasteiger partial charge in [0.2, 0.25) is 0 Å². The molecular weight excluding hydrogens is 1110 g/mol. The Morgan fingerprint density at radius 3 is 1.80 bits per heavy atom. The van der Waals surface area contributed by atoms with E-state index >= 15 is 0 Å². The zero-order chi connectivity index (χ0) is 53.1. The molecule has 0 atom stereocenters. The fraction of sp³-hybridized carbons (Fsp3) is 0.0147. The van der Waals surface area contributed by atoms with Crippen LogP contribution in [0.15, 0.2) is 225 Å². The third kappa shape index (κ3) is 6.71. The Hall–Kier alpha value is -9.60. The molecule has 0 spiro atoms. The van der Waals surface area contributed by atoms with E-state index in [4.69, 9.17) is 13.8 Å². The fourth-order valence-corrected chi connectivity index (χ4v) is 12.5. The van der Waals surface area contributed by atoms with Crippen molar-refractivity contribution in [2.45, 2.75) is 6.85 Å². The monoisotopic (exact) mass is 1150 g/mol. The summed E-state index contributed by atoms with van der Waals surface area (Å²) in [5, 5.41) is 16.1. The van der Waals surface area contributed by atoms with Crippen molar-refractivity contribution in [3.8, 4) is 68.1 Å². The van der Waals surface area contributed by atoms with Crippen LogP contribution in [0.2, 0.25) is 0 Å². The molecule has 0 aliphatic rings. The van der Waals surface area contributed by atoms with Gasteiger partial charge in [0.25, 0.3) is 0 Å². The third-order valence-corrected chi connectivity index (χ3v) is 15.8. The summed E-state index contributed by atoms with van der Waals surface area (Å²) in [6.07, 6.45) is 1.67. The second kappa shape index (κ2) is 17.2. The van der Waals surface area contributed by atoms with Crippen LogP contribution in [0.5, 0.6) is 11.5 Å². The topological polar surface area (TPSA) is 65.1 Å². The van der Waals surface area contributed by atoms with E-state index < -0.39 is 6.85 Å². The Bertz CT molecular complexity index is 5010. The number of para-hydroxylation sites is 4. The first kappa shape index (κ1) is 40.8. The maximum absolute atomic E-state index is 10.3. The van der Waals surface area contributed by atoms with Crippen LogP contribution >= 0.6 is 0 Å². The number of nitriles is 1. The average Bonchev–Trinajstić information content (AvgIpc) is 3.19. The zero-order valence-corrected chi connectivity index (χ0v) is 42.5. The van der Waals surface area contributed by atoms with Gasteiger partial charge < -0.3 is 4.40 Å². The van der Waals surface area contributed by atoms with Crippen LogP contribution in [-0.2, 0) is 19.4 Å². The molecule has 0 aliphatic heterocycles. The van der Waals surface area contributed by atoms with Crippen molar-refractivity contribution >= 4 is 70.9 Å². The van der Waals surface area contributed by atoms with E-state index in [1.807, 2.05) is 102 Å². The van der Waals surface area contributed by atoms with Crippen LogP contribution in [0.1, 0.15) is 15.2 Å². The molecule has 360 valence electrons. The summed E-state index contributed by atoms with van der Waals surface area (Å²) in [4.78, 5) is 5.06. The molecule has 15 rings (SSSR count). The van der Waals surface area contributed by atoms with Crippen LogP contribution in [0, 0.1) is 34.1 Å². The zero-order valence-electron chi connectivity index (χ0n) is 43.3. The molecule has 0 saturated carbocycles. The second-order valence-electron chi connectivity index (χ2n) is 19.0. The Morgan fingerprint density at radius 2 is 1.11 bits per heavy atom. The van der Waals surface area contributed by atoms with E-state index in [0.29, 0.717) is 34.0 Å². The normalized spacial score (nSPS) is 12.6. The first-order valence-corrected chi connectivity index (χ1v) is 26.1. The predicted molar refractivity (Wildman–Crippen MR) is 303 cm³/mol. The molecule has 8 heteroatoms. The average molecular weight is 1160 g/mol. The summed E-state index contributed by atoms with van der Waals surface area (Å²) in [7, 11) is 0. The van der Waals surface area contributed by atoms with E-state index in [-0.39, 0.29) is 5.56 Å². The predicted octanol–water partition coefficient (Wildman–Crippen LogP) is 16.7. The van der Waals surface area contributed by atoms with Gasteiger partial charge >= 0.3 is 294 Å². The molecule has 0 amide bonds. The molecule has 0 fully saturated rings. The van der Waals surface area contributed by atoms with Crippen molar-refractivity contribution in [1.29, 1.82) is 5.26 Å². The number of nitrogens with zero attached hydrogens (tertiary/aromatic N) is 6. The Labute approximate surface area is 451 Å². The number of hydrogen-bond acceptors (Lipinski definition) is 3. The number of imidazole rings is 1. The van der Waals surface area contributed by atoms with Gasteiger partial charge in [-0.05, 0) is 36.2 Å². The van der Waals surface area contributed by atoms with Gasteiger partial charge in [0.05, 0.1) is 28.2 Å². The van der Waals surface area contributed by atoms with Crippen molar-refractivity contribution in [3.63, 3.8) is 0 Å². The van der Waals surface area contributed by atoms with E-state index in [2.05, 4.69) is 166 Å². The summed E-state index contributed by atoms with van der Waals surface area (Å²) in [5.74, 6) is 1.33. The Kier molecular flexibility index (Phi) is 9.27. The fourth-order valence-electron chi connectivity index (χ4n) is 11.5. The summed E-state index contributed by atoms with van der Waals surface area (Å²) in [6, 6.07) is 83.4. The molecular formula is C68H40N6OPt-2. The standard InChI is InChI=1S/C68H40N6O.Pt/c1-43-33-66(70-41-59(43)47-21-9-4-10-22-47)73-63-37-50(31-32-54(63)55-38-56-58-35-44(40-69)34-57-53-25-11-12-28-60(53)74(68(57)58)65(56)39-64(55)73)75-49-24-15-23-48(36-49)71-42-72(62-30-14-13-29-61(62)71)67-51(45-17-5-2-6-18-45)26-16-27-52(67)46-19-7-3-8-20-46;/h2-35,38-39,41H,1H3;/q-2;/i1D3;. The minimum absolute atomic E-state index is 0.182. The van der Waals surface area contributed by atoms with Gasteiger partial charge in [-0.2, -0.15) is 5.26 Å². The molecule has 0 unspecified atom stereocenters. The molecule has 76 heavy (non-hydrogen) atoms. The number of ether oxygens (including phenoxy) is 1. The number of rotatable bonds is 8. The van der Waals surface area contributed by atoms with Gasteiger partial charge in [-0.3, -0.25) is 0 Å². The summed E-state index contributed by atoms with van der Waals surface area (Å²) in [6.45, 7) is -2.46. The van der Waals surface area contributed by atoms with Gasteiger partial charge in [-0.15, -0.1) is 0 Å². The number of fused-ring (bicyclic) bond motifs is 10. The molecule has 0 radical (unpaired) electrons. The number of aryl methyl sites for hydroxylation is 1. The number of pyridine rings is 1. The van der Waals surface area contributed by atoms with E-state index in [1.54, 1.807) is 12.3 Å². The smallest absolute Gasteiger partial charge is 0.0622 e. The van der Waals surface area contributed by atoms with Crippen molar-refractivity contribution in [2.24, 2.45) is 0 Å². The molecule has 0 bridgehead atoms. The molecule has 7 nitrogen and oxygen atoms in total. The third-order valence-electron chi connectivity index (χ3n) is 14.7. The van der Waals surface area contributed by atoms with E-state index in [1.165, 1.54) is 0 Å². The van der Waals surface area contributed by atoms with Crippen LogP contribution in [0.3, 0.4) is 0 Å². The van der Waals surface area contributed by atoms with Gasteiger partial charge in [-0.25, -0.2) is 0 Å². The molecule has 10 aromatic carbocycles. The Morgan fingerprint density at radius 1 is 0.500 bits per heavy atom. The first-order chi connectivity index (χ1) is 38.7. The SMILES string of the molecule is [2H]C([2H])([2H])c1cc(-n2c3[c-]c(Oc4[c-]c(-n5[c](=[Pt])n(-c6c(-c7ccccc7)cccc6-c6ccccc6)c6ccccc65)ccc4)ccc3c3cc4c5cc(C#N)cc6c7ccccc7n(c4cc32)c65)ncc1-c1ccccc1. The van der Waals surface area contributed by atoms with Crippen molar-refractivity contribution < 1.29 is 28.2 Å². The van der Waals surface area contributed by atoms with Gasteiger partial charge in [0, 0.05) is 37.4 Å². The number of hydrogen-bond donors (Lipinski definition) is 0. The van der Waals surface area contributed by atoms with Gasteiger partial charge in [-0.1, -0.05) is 48.5 Å². The van der Waals surface area contributed by atoms with E-state index in [0.717, 1.165) is 108 Å². The number of benzene rings is 10. The number of aromatic nitrogens is 5. The summed E-state index contributed by atoms with van der Waals surface area (Å²) in [5.41, 5.74) is 14.8. The minimum atomic E-state index is -2.46. The molecule has 15 aromatic rings. The van der Waals surface area contributed by atoms with E-state index in [9.17, 15) is 5.26 Å². The van der Waals surface area contributed by atoms with Crippen molar-refractivity contribution in [2.75, 3.05) is 0 Å². The van der Waals surface area contributed by atoms with Gasteiger partial charge in [0.15, 0.2) is 0 Å². The summed E-state index contributed by atoms with van der Waals surface area (Å²) < 4.78 is 43.0. The molecule has 5 heterocycles. The molecule has 5 aromatic heterocycles. The molecule has 0 aliphatic carbocycles. The van der Waals surface area contributed by atoms with Crippen molar-refractivity contribution in [1.82, 2.24) is 23.1 Å². The maximum atomic E-state index is 10.3. The van der Waals surface area contributed by atoms with Crippen LogP contribution in [-0.4, -0.2) is 23.1 Å². The Balaban J connectivity index is 0.917. The van der Waals surface area contributed by atoms with Gasteiger partial charge in [0.1, 0.15) is 0 Å². The molecule has 0 saturated heterocycles. The first-order valence-electron chi connectivity index (χ1n) is 26.4. The van der Waals surface area contributed by atoms with Crippen molar-refractivity contribution in [3.05, 3.63) is 252 Å². The summed E-state index contributed by atoms with van der Waals surface area (Å²) >= 11 is 2.44. The quantitative estimate of drug-likeness (QED) is 0.142. The van der Waals surface area contributed by atoms with Crippen LogP contribution < -0.4 is 4.74 Å². The molecule has 0 N–H and O–H groups in total. The minimum Gasteiger partial charge on any atom is -0.0622 e. The second-order valence-corrected chi connectivity index (χ2v) is 20.0. The van der Waals surface area contributed by atoms with Crippen LogP contribution in [0.25, 0.3) is 122 Å². The van der Waals surface area contributed by atoms with Crippen LogP contribution in [0.4, 0.5) is 0 Å².